The highest BCUT2D eigenvalue weighted by Gasteiger charge is 2.10. The normalized spacial score (nSPS) is 12.7. The minimum absolute atomic E-state index is 0.0455. The van der Waals surface area contributed by atoms with E-state index < -0.39 is 0 Å². The number of fused-ring (bicyclic) bond motifs is 1. The van der Waals surface area contributed by atoms with E-state index in [9.17, 15) is 0 Å². The lowest BCUT2D eigenvalue weighted by atomic mass is 10.1. The molecule has 1 aromatic carbocycles. The fraction of sp³-hybridized carbons (Fsp3) is 0.267. The molecule has 2 heterocycles. The molecule has 5 heteroatoms. The van der Waals surface area contributed by atoms with Gasteiger partial charge in [0.05, 0.1) is 29.1 Å². The molecule has 0 radical (unpaired) electrons. The van der Waals surface area contributed by atoms with Gasteiger partial charge in [-0.15, -0.1) is 5.10 Å². The summed E-state index contributed by atoms with van der Waals surface area (Å²) in [5.41, 5.74) is 8.83. The van der Waals surface area contributed by atoms with Gasteiger partial charge in [0.1, 0.15) is 0 Å². The first-order valence-electron chi connectivity index (χ1n) is 6.81. The van der Waals surface area contributed by atoms with E-state index in [0.29, 0.717) is 0 Å². The molecule has 3 rings (SSSR count). The lowest BCUT2D eigenvalue weighted by molar-refractivity contribution is 0.619. The van der Waals surface area contributed by atoms with Crippen molar-refractivity contribution >= 4 is 10.9 Å². The van der Waals surface area contributed by atoms with E-state index in [1.807, 2.05) is 36.5 Å². The van der Waals surface area contributed by atoms with E-state index in [-0.39, 0.29) is 6.04 Å². The van der Waals surface area contributed by atoms with Gasteiger partial charge in [0.15, 0.2) is 0 Å². The first kappa shape index (κ1) is 12.7. The number of nitrogens with zero attached hydrogens (tertiary/aromatic N) is 4. The number of pyridine rings is 1. The third-order valence-electron chi connectivity index (χ3n) is 3.34. The molecule has 0 amide bonds. The minimum atomic E-state index is -0.0455. The summed E-state index contributed by atoms with van der Waals surface area (Å²) in [6.45, 7) is 2.11. The second-order valence-corrected chi connectivity index (χ2v) is 4.86. The van der Waals surface area contributed by atoms with Gasteiger partial charge in [-0.1, -0.05) is 24.6 Å². The molecule has 0 bridgehead atoms. The molecule has 20 heavy (non-hydrogen) atoms. The first-order valence-corrected chi connectivity index (χ1v) is 6.81. The molecule has 2 N–H and O–H groups in total. The number of hydrogen-bond acceptors (Lipinski definition) is 4. The van der Waals surface area contributed by atoms with Crippen LogP contribution in [0, 0.1) is 0 Å². The Morgan fingerprint density at radius 1 is 1.30 bits per heavy atom. The maximum Gasteiger partial charge on any atom is 0.0998 e. The predicted molar refractivity (Wildman–Crippen MR) is 78.5 cm³/mol. The van der Waals surface area contributed by atoms with Crippen LogP contribution in [0.4, 0.5) is 0 Å². The largest absolute Gasteiger partial charge is 0.323 e. The summed E-state index contributed by atoms with van der Waals surface area (Å²) in [4.78, 5) is 4.31. The fourth-order valence-electron chi connectivity index (χ4n) is 2.24. The van der Waals surface area contributed by atoms with Crippen LogP contribution in [0.25, 0.3) is 16.6 Å². The van der Waals surface area contributed by atoms with Crippen LogP contribution in [0.1, 0.15) is 31.5 Å². The lowest BCUT2D eigenvalue weighted by Crippen LogP contribution is -2.10. The van der Waals surface area contributed by atoms with Gasteiger partial charge in [-0.3, -0.25) is 4.98 Å². The summed E-state index contributed by atoms with van der Waals surface area (Å²) < 4.78 is 1.76. The second kappa shape index (κ2) is 5.38. The zero-order valence-corrected chi connectivity index (χ0v) is 11.4. The molecule has 102 valence electrons. The van der Waals surface area contributed by atoms with E-state index in [2.05, 4.69) is 22.2 Å². The zero-order chi connectivity index (χ0) is 13.9. The molecule has 2 aromatic heterocycles. The summed E-state index contributed by atoms with van der Waals surface area (Å²) in [5, 5.41) is 9.41. The van der Waals surface area contributed by atoms with Gasteiger partial charge in [-0.05, 0) is 30.7 Å². The summed E-state index contributed by atoms with van der Waals surface area (Å²) in [6, 6.07) is 9.93. The highest BCUT2D eigenvalue weighted by atomic mass is 15.4. The topological polar surface area (TPSA) is 69.6 Å². The Hall–Kier alpha value is -2.27. The molecule has 0 aliphatic heterocycles. The van der Waals surface area contributed by atoms with Crippen molar-refractivity contribution in [3.05, 3.63) is 48.4 Å². The van der Waals surface area contributed by atoms with E-state index in [1.54, 1.807) is 10.9 Å². The summed E-state index contributed by atoms with van der Waals surface area (Å²) >= 11 is 0. The van der Waals surface area contributed by atoms with Crippen LogP contribution in [-0.4, -0.2) is 20.0 Å². The second-order valence-electron chi connectivity index (χ2n) is 4.86. The summed E-state index contributed by atoms with van der Waals surface area (Å²) in [7, 11) is 0. The number of nitrogens with two attached hydrogens (primary N) is 1. The van der Waals surface area contributed by atoms with Crippen LogP contribution in [0.15, 0.2) is 42.7 Å². The van der Waals surface area contributed by atoms with Gasteiger partial charge in [-0.25, -0.2) is 4.68 Å². The Kier molecular flexibility index (Phi) is 3.43. The van der Waals surface area contributed by atoms with Gasteiger partial charge < -0.3 is 5.73 Å². The van der Waals surface area contributed by atoms with Crippen molar-refractivity contribution in [2.45, 2.75) is 25.8 Å². The van der Waals surface area contributed by atoms with E-state index >= 15 is 0 Å². The molecule has 0 aliphatic carbocycles. The van der Waals surface area contributed by atoms with Crippen LogP contribution < -0.4 is 5.73 Å². The fourth-order valence-corrected chi connectivity index (χ4v) is 2.24. The van der Waals surface area contributed by atoms with Crippen LogP contribution in [0.5, 0.6) is 0 Å². The third kappa shape index (κ3) is 2.40. The quantitative estimate of drug-likeness (QED) is 0.789. The van der Waals surface area contributed by atoms with E-state index in [4.69, 9.17) is 5.73 Å². The monoisotopic (exact) mass is 267 g/mol. The molecular weight excluding hydrogens is 250 g/mol. The smallest absolute Gasteiger partial charge is 0.0998 e. The average Bonchev–Trinajstić information content (AvgIpc) is 2.97. The molecule has 0 aliphatic rings. The maximum atomic E-state index is 6.06. The van der Waals surface area contributed by atoms with Crippen molar-refractivity contribution in [2.75, 3.05) is 0 Å². The maximum absolute atomic E-state index is 6.06. The molecule has 1 unspecified atom stereocenters. The van der Waals surface area contributed by atoms with E-state index in [1.165, 1.54) is 0 Å². The number of benzene rings is 1. The minimum Gasteiger partial charge on any atom is -0.323 e. The Balaban J connectivity index is 1.94. The van der Waals surface area contributed by atoms with Gasteiger partial charge in [0.2, 0.25) is 0 Å². The van der Waals surface area contributed by atoms with Crippen molar-refractivity contribution in [1.29, 1.82) is 0 Å². The standard InChI is InChI=1S/C15H17N5/c1-2-4-13(16)15-10-20(19-18-15)12-6-7-14-11(9-12)5-3-8-17-14/h3,5-10,13H,2,4,16H2,1H3. The van der Waals surface area contributed by atoms with Gasteiger partial charge in [0, 0.05) is 11.6 Å². The van der Waals surface area contributed by atoms with Crippen molar-refractivity contribution in [1.82, 2.24) is 20.0 Å². The molecule has 5 nitrogen and oxygen atoms in total. The average molecular weight is 267 g/mol. The summed E-state index contributed by atoms with van der Waals surface area (Å²) in [5.74, 6) is 0. The Morgan fingerprint density at radius 2 is 2.20 bits per heavy atom. The van der Waals surface area contributed by atoms with Crippen LogP contribution in [0.2, 0.25) is 0 Å². The number of hydrogen-bond donors (Lipinski definition) is 1. The van der Waals surface area contributed by atoms with Crippen LogP contribution >= 0.6 is 0 Å². The molecular formula is C15H17N5. The SMILES string of the molecule is CCCC(N)c1cn(-c2ccc3ncccc3c2)nn1. The molecule has 3 aromatic rings. The van der Waals surface area contributed by atoms with E-state index in [0.717, 1.165) is 35.1 Å². The zero-order valence-electron chi connectivity index (χ0n) is 11.4. The van der Waals surface area contributed by atoms with Gasteiger partial charge in [0.25, 0.3) is 0 Å². The first-order chi connectivity index (χ1) is 9.78. The molecule has 1 atom stereocenters. The third-order valence-corrected chi connectivity index (χ3v) is 3.34. The van der Waals surface area contributed by atoms with Crippen molar-refractivity contribution in [3.63, 3.8) is 0 Å². The van der Waals surface area contributed by atoms with Crippen molar-refractivity contribution in [3.8, 4) is 5.69 Å². The number of aromatic nitrogens is 4. The van der Waals surface area contributed by atoms with Gasteiger partial charge >= 0.3 is 0 Å². The van der Waals surface area contributed by atoms with Crippen LogP contribution in [-0.2, 0) is 0 Å². The number of rotatable bonds is 4. The molecule has 0 fully saturated rings. The Labute approximate surface area is 117 Å². The lowest BCUT2D eigenvalue weighted by Gasteiger charge is -2.05. The molecule has 0 saturated heterocycles. The van der Waals surface area contributed by atoms with Crippen LogP contribution in [0.3, 0.4) is 0 Å². The highest BCUT2D eigenvalue weighted by Crippen LogP contribution is 2.18. The summed E-state index contributed by atoms with van der Waals surface area (Å²) in [6.07, 6.45) is 5.65. The molecule has 0 saturated carbocycles. The predicted octanol–water partition coefficient (Wildman–Crippen LogP) is 2.62. The van der Waals surface area contributed by atoms with Gasteiger partial charge in [-0.2, -0.15) is 0 Å². The van der Waals surface area contributed by atoms with Crippen molar-refractivity contribution in [2.24, 2.45) is 5.73 Å². The Morgan fingerprint density at radius 3 is 3.05 bits per heavy atom. The Bertz CT molecular complexity index is 719. The van der Waals surface area contributed by atoms with Crippen molar-refractivity contribution < 1.29 is 0 Å². The highest BCUT2D eigenvalue weighted by molar-refractivity contribution is 5.80. The molecule has 0 spiro atoms.